The van der Waals surface area contributed by atoms with E-state index in [0.29, 0.717) is 22.9 Å². The van der Waals surface area contributed by atoms with E-state index < -0.39 is 17.2 Å². The molecule has 2 heterocycles. The normalized spacial score (nSPS) is 11.4. The van der Waals surface area contributed by atoms with Gasteiger partial charge < -0.3 is 9.67 Å². The number of unbranched alkanes of at least 4 members (excludes halogenated alkanes) is 7. The van der Waals surface area contributed by atoms with Crippen molar-refractivity contribution in [1.29, 1.82) is 0 Å². The second-order valence-electron chi connectivity index (χ2n) is 7.08. The Hall–Kier alpha value is -2.03. The van der Waals surface area contributed by atoms with Gasteiger partial charge in [-0.25, -0.2) is 9.78 Å². The summed E-state index contributed by atoms with van der Waals surface area (Å²) in [6.45, 7) is 2.79. The van der Waals surface area contributed by atoms with Gasteiger partial charge in [-0.2, -0.15) is 0 Å². The van der Waals surface area contributed by atoms with E-state index in [2.05, 4.69) is 11.9 Å². The molecule has 2 rings (SSSR count). The molecule has 0 unspecified atom stereocenters. The fourth-order valence-electron chi connectivity index (χ4n) is 3.27. The van der Waals surface area contributed by atoms with Crippen molar-refractivity contribution in [2.45, 2.75) is 70.0 Å². The number of rotatable bonds is 12. The smallest absolute Gasteiger partial charge is 0.332 e. The number of carboxylic acid groups (broad SMARTS) is 1. The quantitative estimate of drug-likeness (QED) is 0.427. The molecular formula is C19H30N4O4S. The van der Waals surface area contributed by atoms with Crippen LogP contribution in [0.25, 0.3) is 11.2 Å². The largest absolute Gasteiger partial charge is 0.481 e. The van der Waals surface area contributed by atoms with Crippen molar-refractivity contribution in [2.24, 2.45) is 14.1 Å². The highest BCUT2D eigenvalue weighted by Gasteiger charge is 2.19. The number of aryl methyl sites for hydroxylation is 2. The lowest BCUT2D eigenvalue weighted by Gasteiger charge is -2.09. The summed E-state index contributed by atoms with van der Waals surface area (Å²) in [6.07, 6.45) is 9.33. The van der Waals surface area contributed by atoms with Gasteiger partial charge in [0.25, 0.3) is 5.56 Å². The van der Waals surface area contributed by atoms with Gasteiger partial charge in [0.2, 0.25) is 0 Å². The van der Waals surface area contributed by atoms with Crippen molar-refractivity contribution in [2.75, 3.05) is 5.75 Å². The zero-order valence-electron chi connectivity index (χ0n) is 16.9. The molecule has 0 saturated heterocycles. The summed E-state index contributed by atoms with van der Waals surface area (Å²) in [5.41, 5.74) is -0.169. The Morgan fingerprint density at radius 3 is 2.21 bits per heavy atom. The van der Waals surface area contributed by atoms with Crippen LogP contribution in [0.15, 0.2) is 14.7 Å². The number of hydrogen-bond acceptors (Lipinski definition) is 5. The third-order valence-electron chi connectivity index (χ3n) is 4.87. The van der Waals surface area contributed by atoms with Crippen molar-refractivity contribution in [1.82, 2.24) is 18.7 Å². The Balaban J connectivity index is 2.19. The van der Waals surface area contributed by atoms with Crippen molar-refractivity contribution in [3.63, 3.8) is 0 Å². The summed E-state index contributed by atoms with van der Waals surface area (Å²) in [5.74, 6) is -1.09. The Morgan fingerprint density at radius 1 is 1.00 bits per heavy atom. The first kappa shape index (κ1) is 22.3. The van der Waals surface area contributed by atoms with E-state index in [0.717, 1.165) is 35.6 Å². The van der Waals surface area contributed by atoms with Crippen molar-refractivity contribution in [3.05, 3.63) is 20.8 Å². The van der Waals surface area contributed by atoms with Crippen LogP contribution in [0.2, 0.25) is 0 Å². The molecule has 0 amide bonds. The summed E-state index contributed by atoms with van der Waals surface area (Å²) >= 11 is 1.08. The van der Waals surface area contributed by atoms with Gasteiger partial charge in [0.05, 0.1) is 5.75 Å². The van der Waals surface area contributed by atoms with Gasteiger partial charge in [-0.05, 0) is 6.42 Å². The topological polar surface area (TPSA) is 99.1 Å². The number of hydrogen-bond donors (Lipinski definition) is 1. The monoisotopic (exact) mass is 410 g/mol. The molecule has 0 saturated carbocycles. The van der Waals surface area contributed by atoms with Gasteiger partial charge in [-0.15, -0.1) is 0 Å². The molecule has 0 fully saturated rings. The number of imidazole rings is 1. The van der Waals surface area contributed by atoms with Crippen LogP contribution in [-0.2, 0) is 25.4 Å². The highest BCUT2D eigenvalue weighted by molar-refractivity contribution is 7.99. The SMILES string of the molecule is CCCCCCCCCCn1c(SCC(=O)O)nc2c1c(=O)n(C)c(=O)n2C. The highest BCUT2D eigenvalue weighted by Crippen LogP contribution is 2.22. The fraction of sp³-hybridized carbons (Fsp3) is 0.684. The van der Waals surface area contributed by atoms with E-state index >= 15 is 0 Å². The molecule has 0 bridgehead atoms. The lowest BCUT2D eigenvalue weighted by atomic mass is 10.1. The summed E-state index contributed by atoms with van der Waals surface area (Å²) < 4.78 is 4.19. The lowest BCUT2D eigenvalue weighted by Crippen LogP contribution is -2.37. The molecule has 156 valence electrons. The molecule has 1 N–H and O–H groups in total. The molecule has 28 heavy (non-hydrogen) atoms. The van der Waals surface area contributed by atoms with Crippen LogP contribution in [0, 0.1) is 0 Å². The first-order valence-electron chi connectivity index (χ1n) is 9.89. The molecule has 2 aromatic rings. The number of aliphatic carboxylic acids is 1. The minimum absolute atomic E-state index is 0.144. The van der Waals surface area contributed by atoms with Crippen LogP contribution in [-0.4, -0.2) is 35.5 Å². The molecule has 8 nitrogen and oxygen atoms in total. The van der Waals surface area contributed by atoms with E-state index in [1.165, 1.54) is 43.7 Å². The van der Waals surface area contributed by atoms with E-state index in [4.69, 9.17) is 5.11 Å². The number of carbonyl (C=O) groups is 1. The minimum atomic E-state index is -0.947. The Bertz CT molecular complexity index is 929. The van der Waals surface area contributed by atoms with E-state index in [-0.39, 0.29) is 5.75 Å². The first-order valence-corrected chi connectivity index (χ1v) is 10.9. The van der Waals surface area contributed by atoms with Crippen molar-refractivity contribution < 1.29 is 9.90 Å². The second-order valence-corrected chi connectivity index (χ2v) is 8.02. The standard InChI is InChI=1S/C19H30N4O4S/c1-4-5-6-7-8-9-10-11-12-23-15-16(20-18(23)28-13-14(24)25)21(2)19(27)22(3)17(15)26/h4-13H2,1-3H3,(H,24,25). The first-order chi connectivity index (χ1) is 13.4. The van der Waals surface area contributed by atoms with Crippen LogP contribution in [0.5, 0.6) is 0 Å². The number of fused-ring (bicyclic) bond motifs is 1. The van der Waals surface area contributed by atoms with Crippen molar-refractivity contribution >= 4 is 28.9 Å². The van der Waals surface area contributed by atoms with Crippen LogP contribution in [0.4, 0.5) is 0 Å². The molecule has 0 aliphatic carbocycles. The maximum absolute atomic E-state index is 12.7. The van der Waals surface area contributed by atoms with E-state index in [9.17, 15) is 14.4 Å². The molecule has 0 aromatic carbocycles. The van der Waals surface area contributed by atoms with Gasteiger partial charge in [-0.1, -0.05) is 63.6 Å². The highest BCUT2D eigenvalue weighted by atomic mass is 32.2. The average molecular weight is 411 g/mol. The summed E-state index contributed by atoms with van der Waals surface area (Å²) in [7, 11) is 3.02. The minimum Gasteiger partial charge on any atom is -0.481 e. The maximum atomic E-state index is 12.7. The van der Waals surface area contributed by atoms with Gasteiger partial charge in [0.1, 0.15) is 0 Å². The van der Waals surface area contributed by atoms with Crippen molar-refractivity contribution in [3.8, 4) is 0 Å². The van der Waals surface area contributed by atoms with Crippen LogP contribution in [0.3, 0.4) is 0 Å². The zero-order valence-corrected chi connectivity index (χ0v) is 17.8. The predicted octanol–water partition coefficient (Wildman–Crippen LogP) is 2.75. The number of aromatic nitrogens is 4. The number of nitrogens with zero attached hydrogens (tertiary/aromatic N) is 4. The van der Waals surface area contributed by atoms with Gasteiger partial charge >= 0.3 is 11.7 Å². The summed E-state index contributed by atoms with van der Waals surface area (Å²) in [4.78, 5) is 40.2. The Kier molecular flexibility index (Phi) is 8.35. The number of thioether (sulfide) groups is 1. The molecule has 0 spiro atoms. The lowest BCUT2D eigenvalue weighted by molar-refractivity contribution is -0.133. The maximum Gasteiger partial charge on any atom is 0.332 e. The molecular weight excluding hydrogens is 380 g/mol. The third kappa shape index (κ3) is 5.27. The van der Waals surface area contributed by atoms with Gasteiger partial charge in [-0.3, -0.25) is 18.7 Å². The second kappa shape index (κ2) is 10.5. The molecule has 0 radical (unpaired) electrons. The summed E-state index contributed by atoms with van der Waals surface area (Å²) in [6, 6.07) is 0. The molecule has 2 aromatic heterocycles. The zero-order chi connectivity index (χ0) is 20.7. The van der Waals surface area contributed by atoms with Gasteiger partial charge in [0.15, 0.2) is 16.3 Å². The predicted molar refractivity (Wildman–Crippen MR) is 111 cm³/mol. The molecule has 0 aliphatic heterocycles. The third-order valence-corrected chi connectivity index (χ3v) is 5.83. The number of carboxylic acids is 1. The summed E-state index contributed by atoms with van der Waals surface area (Å²) in [5, 5.41) is 9.46. The molecule has 0 aliphatic rings. The molecule has 0 atom stereocenters. The average Bonchev–Trinajstić information content (AvgIpc) is 3.03. The van der Waals surface area contributed by atoms with Crippen LogP contribution < -0.4 is 11.2 Å². The Morgan fingerprint density at radius 2 is 1.61 bits per heavy atom. The van der Waals surface area contributed by atoms with E-state index in [1.54, 1.807) is 11.6 Å². The van der Waals surface area contributed by atoms with Crippen LogP contribution in [0.1, 0.15) is 58.3 Å². The Labute approximate surface area is 168 Å². The van der Waals surface area contributed by atoms with Gasteiger partial charge in [0, 0.05) is 20.6 Å². The fourth-order valence-corrected chi connectivity index (χ4v) is 4.02. The molecule has 9 heteroatoms. The van der Waals surface area contributed by atoms with Crippen LogP contribution >= 0.6 is 11.8 Å². The van der Waals surface area contributed by atoms with E-state index in [1.807, 2.05) is 0 Å².